The number of aromatic nitrogens is 2. The van der Waals surface area contributed by atoms with Crippen LogP contribution in [0.4, 0.5) is 5.82 Å². The Morgan fingerprint density at radius 3 is 2.67 bits per heavy atom. The lowest BCUT2D eigenvalue weighted by Crippen LogP contribution is -2.31. The second-order valence-corrected chi connectivity index (χ2v) is 3.82. The molecule has 1 heterocycles. The Labute approximate surface area is 105 Å². The van der Waals surface area contributed by atoms with Crippen LogP contribution < -0.4 is 5.32 Å². The Kier molecular flexibility index (Phi) is 3.86. The van der Waals surface area contributed by atoms with E-state index in [1.54, 1.807) is 0 Å². The van der Waals surface area contributed by atoms with Gasteiger partial charge in [0.25, 0.3) is 0 Å². The van der Waals surface area contributed by atoms with Crippen molar-refractivity contribution in [2.75, 3.05) is 5.32 Å². The van der Waals surface area contributed by atoms with Gasteiger partial charge in [-0.2, -0.15) is 0 Å². The van der Waals surface area contributed by atoms with Crippen LogP contribution in [0.3, 0.4) is 0 Å². The molecule has 0 saturated carbocycles. The van der Waals surface area contributed by atoms with Gasteiger partial charge in [0.2, 0.25) is 0 Å². The van der Waals surface area contributed by atoms with Crippen molar-refractivity contribution in [3.05, 3.63) is 54.5 Å². The summed E-state index contributed by atoms with van der Waals surface area (Å²) in [6.07, 6.45) is 4.95. The molecule has 0 saturated heterocycles. The van der Waals surface area contributed by atoms with Gasteiger partial charge < -0.3 is 10.4 Å². The van der Waals surface area contributed by atoms with E-state index < -0.39 is 12.0 Å². The Hall–Kier alpha value is -2.43. The van der Waals surface area contributed by atoms with Gasteiger partial charge >= 0.3 is 5.97 Å². The number of hydrogen-bond acceptors (Lipinski definition) is 4. The number of aliphatic carboxylic acids is 1. The zero-order chi connectivity index (χ0) is 12.8. The summed E-state index contributed by atoms with van der Waals surface area (Å²) in [4.78, 5) is 19.1. The number of carbonyl (C=O) groups is 1. The lowest BCUT2D eigenvalue weighted by atomic mass is 10.1. The maximum absolute atomic E-state index is 11.2. The highest BCUT2D eigenvalue weighted by Crippen LogP contribution is 2.08. The summed E-state index contributed by atoms with van der Waals surface area (Å²) < 4.78 is 0. The molecule has 92 valence electrons. The summed E-state index contributed by atoms with van der Waals surface area (Å²) in [5.41, 5.74) is 0.960. The minimum Gasteiger partial charge on any atom is -0.480 e. The van der Waals surface area contributed by atoms with Crippen LogP contribution in [0, 0.1) is 0 Å². The van der Waals surface area contributed by atoms with Crippen LogP contribution in [0.25, 0.3) is 0 Å². The van der Waals surface area contributed by atoms with Crippen LogP contribution in [0.1, 0.15) is 5.56 Å². The summed E-state index contributed by atoms with van der Waals surface area (Å²) in [6.45, 7) is 0. The predicted octanol–water partition coefficient (Wildman–Crippen LogP) is 1.58. The topological polar surface area (TPSA) is 75.1 Å². The van der Waals surface area contributed by atoms with Gasteiger partial charge in [0.15, 0.2) is 0 Å². The molecule has 0 bridgehead atoms. The molecule has 2 N–H and O–H groups in total. The van der Waals surface area contributed by atoms with E-state index in [4.69, 9.17) is 0 Å². The highest BCUT2D eigenvalue weighted by Gasteiger charge is 2.18. The molecule has 0 spiro atoms. The summed E-state index contributed by atoms with van der Waals surface area (Å²) in [5.74, 6) is -0.453. The molecule has 0 aliphatic heterocycles. The van der Waals surface area contributed by atoms with Gasteiger partial charge in [0, 0.05) is 18.8 Å². The molecule has 1 aromatic carbocycles. The summed E-state index contributed by atoms with van der Waals surface area (Å²) in [5, 5.41) is 12.0. The van der Waals surface area contributed by atoms with E-state index >= 15 is 0 Å². The normalized spacial score (nSPS) is 11.8. The maximum Gasteiger partial charge on any atom is 0.326 e. The molecule has 5 heteroatoms. The van der Waals surface area contributed by atoms with Crippen molar-refractivity contribution in [3.8, 4) is 0 Å². The second kappa shape index (κ2) is 5.77. The van der Waals surface area contributed by atoms with Crippen molar-refractivity contribution in [1.82, 2.24) is 9.97 Å². The van der Waals surface area contributed by atoms with Crippen molar-refractivity contribution in [2.24, 2.45) is 0 Å². The smallest absolute Gasteiger partial charge is 0.326 e. The van der Waals surface area contributed by atoms with E-state index in [0.29, 0.717) is 12.2 Å². The summed E-state index contributed by atoms with van der Waals surface area (Å²) in [7, 11) is 0. The van der Waals surface area contributed by atoms with Crippen LogP contribution >= 0.6 is 0 Å². The van der Waals surface area contributed by atoms with Gasteiger partial charge in [-0.05, 0) is 5.56 Å². The first kappa shape index (κ1) is 12.0. The molecule has 0 aliphatic rings. The molecule has 2 rings (SSSR count). The zero-order valence-electron chi connectivity index (χ0n) is 9.65. The van der Waals surface area contributed by atoms with Gasteiger partial charge in [0.05, 0.1) is 6.20 Å². The predicted molar refractivity (Wildman–Crippen MR) is 67.2 cm³/mol. The third kappa shape index (κ3) is 3.28. The van der Waals surface area contributed by atoms with Gasteiger partial charge in [-0.3, -0.25) is 4.98 Å². The van der Waals surface area contributed by atoms with E-state index in [9.17, 15) is 9.90 Å². The molecular weight excluding hydrogens is 230 g/mol. The average Bonchev–Trinajstić information content (AvgIpc) is 2.40. The van der Waals surface area contributed by atoms with E-state index in [1.165, 1.54) is 18.6 Å². The van der Waals surface area contributed by atoms with Crippen molar-refractivity contribution < 1.29 is 9.90 Å². The van der Waals surface area contributed by atoms with Crippen molar-refractivity contribution in [2.45, 2.75) is 12.5 Å². The van der Waals surface area contributed by atoms with Crippen LogP contribution in [-0.4, -0.2) is 27.1 Å². The fourth-order valence-corrected chi connectivity index (χ4v) is 1.60. The molecule has 0 unspecified atom stereocenters. The molecule has 1 atom stereocenters. The SMILES string of the molecule is O=C(O)[C@H](Cc1ccccc1)Nc1cnccn1. The van der Waals surface area contributed by atoms with Gasteiger partial charge in [0.1, 0.15) is 11.9 Å². The van der Waals surface area contributed by atoms with E-state index in [0.717, 1.165) is 5.56 Å². The largest absolute Gasteiger partial charge is 0.480 e. The van der Waals surface area contributed by atoms with E-state index in [2.05, 4.69) is 15.3 Å². The standard InChI is InChI=1S/C13H13N3O2/c17-13(18)11(8-10-4-2-1-3-5-10)16-12-9-14-6-7-15-12/h1-7,9,11H,8H2,(H,15,16)(H,17,18)/t11-/m0/s1. The minimum absolute atomic E-state index is 0.396. The van der Waals surface area contributed by atoms with Crippen molar-refractivity contribution in [1.29, 1.82) is 0 Å². The maximum atomic E-state index is 11.2. The molecule has 1 aromatic heterocycles. The second-order valence-electron chi connectivity index (χ2n) is 3.82. The lowest BCUT2D eigenvalue weighted by Gasteiger charge is -2.14. The molecule has 0 radical (unpaired) electrons. The molecule has 5 nitrogen and oxygen atoms in total. The Balaban J connectivity index is 2.08. The first-order valence-corrected chi connectivity index (χ1v) is 5.55. The quantitative estimate of drug-likeness (QED) is 0.834. The first-order chi connectivity index (χ1) is 8.75. The average molecular weight is 243 g/mol. The highest BCUT2D eigenvalue weighted by atomic mass is 16.4. The number of nitrogens with one attached hydrogen (secondary N) is 1. The van der Waals surface area contributed by atoms with Crippen molar-refractivity contribution in [3.63, 3.8) is 0 Å². The fourth-order valence-electron chi connectivity index (χ4n) is 1.60. The molecule has 0 amide bonds. The number of carboxylic acids is 1. The Morgan fingerprint density at radius 2 is 2.06 bits per heavy atom. The number of benzene rings is 1. The zero-order valence-corrected chi connectivity index (χ0v) is 9.65. The Morgan fingerprint density at radius 1 is 1.28 bits per heavy atom. The minimum atomic E-state index is -0.912. The molecule has 2 aromatic rings. The fraction of sp³-hybridized carbons (Fsp3) is 0.154. The Bertz CT molecular complexity index is 461. The van der Waals surface area contributed by atoms with Gasteiger partial charge in [-0.1, -0.05) is 30.3 Å². The number of hydrogen-bond donors (Lipinski definition) is 2. The lowest BCUT2D eigenvalue weighted by molar-refractivity contribution is -0.137. The van der Waals surface area contributed by atoms with Crippen LogP contribution in [-0.2, 0) is 11.2 Å². The molecule has 0 fully saturated rings. The third-order valence-corrected chi connectivity index (χ3v) is 2.47. The molecular formula is C13H13N3O2. The third-order valence-electron chi connectivity index (χ3n) is 2.47. The van der Waals surface area contributed by atoms with Crippen LogP contribution in [0.5, 0.6) is 0 Å². The van der Waals surface area contributed by atoms with Crippen LogP contribution in [0.15, 0.2) is 48.9 Å². The summed E-state index contributed by atoms with van der Waals surface area (Å²) >= 11 is 0. The number of nitrogens with zero attached hydrogens (tertiary/aromatic N) is 2. The van der Waals surface area contributed by atoms with Gasteiger partial charge in [-0.25, -0.2) is 9.78 Å². The highest BCUT2D eigenvalue weighted by molar-refractivity contribution is 5.77. The summed E-state index contributed by atoms with van der Waals surface area (Å²) in [6, 6.07) is 8.74. The van der Waals surface area contributed by atoms with Gasteiger partial charge in [-0.15, -0.1) is 0 Å². The van der Waals surface area contributed by atoms with Crippen LogP contribution in [0.2, 0.25) is 0 Å². The van der Waals surface area contributed by atoms with Crippen molar-refractivity contribution >= 4 is 11.8 Å². The number of anilines is 1. The number of rotatable bonds is 5. The first-order valence-electron chi connectivity index (χ1n) is 5.55. The monoisotopic (exact) mass is 243 g/mol. The van der Waals surface area contributed by atoms with E-state index in [1.807, 2.05) is 30.3 Å². The molecule has 0 aliphatic carbocycles. The van der Waals surface area contributed by atoms with E-state index in [-0.39, 0.29) is 0 Å². The molecule has 18 heavy (non-hydrogen) atoms. The number of carboxylic acid groups (broad SMARTS) is 1.